The number of halogens is 1. The molecular formula is C23H17BrN2O4. The molecule has 150 valence electrons. The number of nitrogens with zero attached hydrogens (tertiary/aromatic N) is 2. The molecule has 1 unspecified atom stereocenters. The third kappa shape index (κ3) is 3.48. The number of methoxy groups -OCH3 is 1. The van der Waals surface area contributed by atoms with Crippen LogP contribution in [-0.2, 0) is 9.59 Å². The Bertz CT molecular complexity index is 1140. The monoisotopic (exact) mass is 464 g/mol. The molecule has 0 radical (unpaired) electrons. The molecule has 0 bridgehead atoms. The molecule has 30 heavy (non-hydrogen) atoms. The van der Waals surface area contributed by atoms with E-state index in [2.05, 4.69) is 20.9 Å². The maximum Gasteiger partial charge on any atom is 0.300 e. The van der Waals surface area contributed by atoms with E-state index in [4.69, 9.17) is 4.74 Å². The van der Waals surface area contributed by atoms with Crippen LogP contribution in [0.3, 0.4) is 0 Å². The number of ketones is 1. The van der Waals surface area contributed by atoms with Crippen LogP contribution in [0.25, 0.3) is 5.76 Å². The molecule has 1 fully saturated rings. The van der Waals surface area contributed by atoms with E-state index in [9.17, 15) is 14.7 Å². The van der Waals surface area contributed by atoms with E-state index in [0.29, 0.717) is 22.6 Å². The number of aromatic nitrogens is 1. The van der Waals surface area contributed by atoms with Gasteiger partial charge in [0.05, 0.1) is 18.7 Å². The van der Waals surface area contributed by atoms with Crippen molar-refractivity contribution in [2.45, 2.75) is 6.04 Å². The molecule has 3 aromatic rings. The van der Waals surface area contributed by atoms with Gasteiger partial charge < -0.3 is 9.84 Å². The summed E-state index contributed by atoms with van der Waals surface area (Å²) in [5.74, 6) is -1.18. The first-order chi connectivity index (χ1) is 14.5. The summed E-state index contributed by atoms with van der Waals surface area (Å²) in [6.07, 6.45) is 3.17. The van der Waals surface area contributed by atoms with Gasteiger partial charge in [0.1, 0.15) is 11.5 Å². The number of benzene rings is 2. The van der Waals surface area contributed by atoms with Gasteiger partial charge in [0.15, 0.2) is 0 Å². The Morgan fingerprint density at radius 3 is 2.43 bits per heavy atom. The van der Waals surface area contributed by atoms with E-state index in [0.717, 1.165) is 4.47 Å². The average Bonchev–Trinajstić information content (AvgIpc) is 3.05. The number of amides is 1. The quantitative estimate of drug-likeness (QED) is 0.349. The number of aliphatic hydroxyl groups excluding tert-OH is 1. The van der Waals surface area contributed by atoms with Crippen LogP contribution in [0.2, 0.25) is 0 Å². The summed E-state index contributed by atoms with van der Waals surface area (Å²) in [5.41, 5.74) is 1.62. The van der Waals surface area contributed by atoms with Gasteiger partial charge >= 0.3 is 0 Å². The summed E-state index contributed by atoms with van der Waals surface area (Å²) < 4.78 is 6.07. The fourth-order valence-electron chi connectivity index (χ4n) is 3.49. The van der Waals surface area contributed by atoms with Crippen molar-refractivity contribution in [3.63, 3.8) is 0 Å². The topological polar surface area (TPSA) is 79.7 Å². The number of carbonyl (C=O) groups is 2. The zero-order valence-corrected chi connectivity index (χ0v) is 17.5. The van der Waals surface area contributed by atoms with Crippen LogP contribution in [0, 0.1) is 0 Å². The lowest BCUT2D eigenvalue weighted by molar-refractivity contribution is -0.132. The van der Waals surface area contributed by atoms with Crippen LogP contribution in [0.15, 0.2) is 83.1 Å². The number of ether oxygens (including phenoxy) is 1. The first-order valence-corrected chi connectivity index (χ1v) is 9.91. The second kappa shape index (κ2) is 8.12. The summed E-state index contributed by atoms with van der Waals surface area (Å²) in [5, 5.41) is 11.1. The minimum atomic E-state index is -0.791. The predicted molar refractivity (Wildman–Crippen MR) is 116 cm³/mol. The summed E-state index contributed by atoms with van der Waals surface area (Å²) in [6, 6.07) is 16.5. The van der Waals surface area contributed by atoms with Gasteiger partial charge in [-0.1, -0.05) is 28.1 Å². The van der Waals surface area contributed by atoms with Crippen LogP contribution in [-0.4, -0.2) is 28.9 Å². The Hall–Kier alpha value is -3.45. The van der Waals surface area contributed by atoms with Crippen LogP contribution in [0.4, 0.5) is 5.69 Å². The minimum Gasteiger partial charge on any atom is -0.507 e. The Balaban J connectivity index is 1.93. The van der Waals surface area contributed by atoms with Gasteiger partial charge in [0.25, 0.3) is 11.7 Å². The van der Waals surface area contributed by atoms with E-state index in [1.165, 1.54) is 12.0 Å². The number of rotatable bonds is 4. The Kier molecular flexibility index (Phi) is 5.37. The highest BCUT2D eigenvalue weighted by molar-refractivity contribution is 9.10. The molecule has 1 amide bonds. The molecular weight excluding hydrogens is 448 g/mol. The van der Waals surface area contributed by atoms with Crippen molar-refractivity contribution in [2.24, 2.45) is 0 Å². The van der Waals surface area contributed by atoms with Crippen molar-refractivity contribution < 1.29 is 19.4 Å². The van der Waals surface area contributed by atoms with E-state index in [1.807, 2.05) is 0 Å². The number of hydrogen-bond acceptors (Lipinski definition) is 5. The van der Waals surface area contributed by atoms with Crippen LogP contribution < -0.4 is 9.64 Å². The molecule has 6 nitrogen and oxygen atoms in total. The van der Waals surface area contributed by atoms with Crippen molar-refractivity contribution in [3.8, 4) is 5.75 Å². The van der Waals surface area contributed by atoms with Crippen molar-refractivity contribution in [1.29, 1.82) is 0 Å². The van der Waals surface area contributed by atoms with Gasteiger partial charge in [-0.25, -0.2) is 0 Å². The maximum absolute atomic E-state index is 13.0. The van der Waals surface area contributed by atoms with Crippen LogP contribution >= 0.6 is 15.9 Å². The second-order valence-electron chi connectivity index (χ2n) is 6.66. The molecule has 1 aromatic heterocycles. The number of pyridine rings is 1. The first kappa shape index (κ1) is 19.8. The Morgan fingerprint density at radius 1 is 1.07 bits per heavy atom. The van der Waals surface area contributed by atoms with Gasteiger partial charge in [-0.05, 0) is 54.1 Å². The molecule has 1 saturated heterocycles. The van der Waals surface area contributed by atoms with Crippen LogP contribution in [0.1, 0.15) is 17.2 Å². The highest BCUT2D eigenvalue weighted by atomic mass is 79.9. The van der Waals surface area contributed by atoms with Gasteiger partial charge in [-0.2, -0.15) is 0 Å². The van der Waals surface area contributed by atoms with Crippen LogP contribution in [0.5, 0.6) is 5.75 Å². The van der Waals surface area contributed by atoms with E-state index >= 15 is 0 Å². The van der Waals surface area contributed by atoms with Gasteiger partial charge in [-0.3, -0.25) is 19.5 Å². The summed E-state index contributed by atoms with van der Waals surface area (Å²) in [4.78, 5) is 31.5. The van der Waals surface area contributed by atoms with Crippen molar-refractivity contribution in [2.75, 3.05) is 12.0 Å². The SMILES string of the molecule is COc1cccc(/C(O)=C2/C(=O)C(=O)N(c3ccc(Br)cc3)C2c2ccncc2)c1. The summed E-state index contributed by atoms with van der Waals surface area (Å²) in [6.45, 7) is 0. The lowest BCUT2D eigenvalue weighted by Crippen LogP contribution is -2.29. The van der Waals surface area contributed by atoms with Crippen molar-refractivity contribution in [1.82, 2.24) is 4.98 Å². The molecule has 2 heterocycles. The highest BCUT2D eigenvalue weighted by Crippen LogP contribution is 2.42. The number of hydrogen-bond donors (Lipinski definition) is 1. The number of anilines is 1. The molecule has 1 atom stereocenters. The third-order valence-corrected chi connectivity index (χ3v) is 5.44. The van der Waals surface area contributed by atoms with Crippen molar-refractivity contribution >= 4 is 39.1 Å². The molecule has 1 aliphatic rings. The van der Waals surface area contributed by atoms with E-state index in [1.54, 1.807) is 73.1 Å². The lowest BCUT2D eigenvalue weighted by Gasteiger charge is -2.25. The van der Waals surface area contributed by atoms with E-state index < -0.39 is 17.7 Å². The second-order valence-corrected chi connectivity index (χ2v) is 7.57. The normalized spacial score (nSPS) is 17.9. The maximum atomic E-state index is 13.0. The molecule has 2 aromatic carbocycles. The van der Waals surface area contributed by atoms with E-state index in [-0.39, 0.29) is 11.3 Å². The molecule has 0 aliphatic carbocycles. The molecule has 0 spiro atoms. The first-order valence-electron chi connectivity index (χ1n) is 9.12. The molecule has 4 rings (SSSR count). The zero-order valence-electron chi connectivity index (χ0n) is 15.9. The smallest absolute Gasteiger partial charge is 0.300 e. The number of aliphatic hydroxyl groups is 1. The Labute approximate surface area is 181 Å². The largest absolute Gasteiger partial charge is 0.507 e. The van der Waals surface area contributed by atoms with Gasteiger partial charge in [0, 0.05) is 28.1 Å². The summed E-state index contributed by atoms with van der Waals surface area (Å²) in [7, 11) is 1.52. The average molecular weight is 465 g/mol. The number of carbonyl (C=O) groups excluding carboxylic acids is 2. The number of Topliss-reactive ketones (excluding diaryl/α,β-unsaturated/α-hetero) is 1. The molecule has 1 N–H and O–H groups in total. The van der Waals surface area contributed by atoms with Crippen molar-refractivity contribution in [3.05, 3.63) is 94.2 Å². The Morgan fingerprint density at radius 2 is 1.77 bits per heavy atom. The van der Waals surface area contributed by atoms with Gasteiger partial charge in [0.2, 0.25) is 0 Å². The lowest BCUT2D eigenvalue weighted by atomic mass is 9.95. The predicted octanol–water partition coefficient (Wildman–Crippen LogP) is 4.48. The summed E-state index contributed by atoms with van der Waals surface area (Å²) >= 11 is 3.38. The molecule has 1 aliphatic heterocycles. The molecule has 0 saturated carbocycles. The van der Waals surface area contributed by atoms with Gasteiger partial charge in [-0.15, -0.1) is 0 Å². The fraction of sp³-hybridized carbons (Fsp3) is 0.0870. The highest BCUT2D eigenvalue weighted by Gasteiger charge is 2.46. The standard InChI is InChI=1S/C23H17BrN2O4/c1-30-18-4-2-3-15(13-18)21(27)19-20(14-9-11-25-12-10-14)26(23(29)22(19)28)17-7-5-16(24)6-8-17/h2-13,20,27H,1H3/b21-19-. The molecule has 7 heteroatoms. The zero-order chi connectivity index (χ0) is 21.3. The fourth-order valence-corrected chi connectivity index (χ4v) is 3.75. The minimum absolute atomic E-state index is 0.0161. The third-order valence-electron chi connectivity index (χ3n) is 4.91.